The van der Waals surface area contributed by atoms with Crippen LogP contribution < -0.4 is 20.9 Å². The Labute approximate surface area is 217 Å². The van der Waals surface area contributed by atoms with E-state index in [1.165, 1.54) is 10.6 Å². The number of fused-ring (bicyclic) bond motifs is 2. The lowest BCUT2D eigenvalue weighted by Gasteiger charge is -2.18. The van der Waals surface area contributed by atoms with Crippen molar-refractivity contribution in [2.45, 2.75) is 31.2 Å². The highest BCUT2D eigenvalue weighted by molar-refractivity contribution is 7.92. The number of aromatic amines is 1. The van der Waals surface area contributed by atoms with E-state index < -0.39 is 21.3 Å². The first kappa shape index (κ1) is 24.8. The first-order valence-corrected chi connectivity index (χ1v) is 13.4. The number of aromatic nitrogens is 2. The minimum absolute atomic E-state index is 0.00325. The van der Waals surface area contributed by atoms with Crippen LogP contribution >= 0.6 is 11.6 Å². The predicted molar refractivity (Wildman–Crippen MR) is 143 cm³/mol. The second kappa shape index (κ2) is 9.53. The zero-order valence-electron chi connectivity index (χ0n) is 19.8. The summed E-state index contributed by atoms with van der Waals surface area (Å²) in [5.74, 6) is -0.180. The number of para-hydroxylation sites is 1. The largest absolute Gasteiger partial charge is 0.328 e. The third kappa shape index (κ3) is 4.77. The number of nitrogens with zero attached hydrogens (tertiary/aromatic N) is 2. The third-order valence-corrected chi connectivity index (χ3v) is 8.22. The van der Waals surface area contributed by atoms with Gasteiger partial charge in [0, 0.05) is 30.9 Å². The molecule has 11 heteroatoms. The van der Waals surface area contributed by atoms with Gasteiger partial charge in [0.25, 0.3) is 15.6 Å². The zero-order chi connectivity index (χ0) is 26.3. The molecule has 3 aromatic carbocycles. The minimum Gasteiger partial charge on any atom is -0.312 e. The van der Waals surface area contributed by atoms with Crippen molar-refractivity contribution in [3.8, 4) is 0 Å². The van der Waals surface area contributed by atoms with E-state index in [1.54, 1.807) is 66.4 Å². The normalized spacial score (nSPS) is 13.1. The molecule has 0 bridgehead atoms. The Morgan fingerprint density at radius 2 is 1.86 bits per heavy atom. The van der Waals surface area contributed by atoms with E-state index in [9.17, 15) is 22.8 Å². The first-order chi connectivity index (χ1) is 17.6. The molecule has 0 saturated heterocycles. The summed E-state index contributed by atoms with van der Waals surface area (Å²) in [6.45, 7) is 2.33. The van der Waals surface area contributed by atoms with Gasteiger partial charge in [0.05, 0.1) is 15.9 Å². The SMILES string of the molecule is Cc1ccc(Cl)c(S(=O)(=O)Nc2ccc3c(c2)CCN3C(=O)CCn2c(=O)[nH]c(=O)c3ccccc32)c1. The Morgan fingerprint density at radius 3 is 2.68 bits per heavy atom. The number of carbonyl (C=O) groups is 1. The summed E-state index contributed by atoms with van der Waals surface area (Å²) >= 11 is 6.12. The molecule has 0 spiro atoms. The second-order valence-corrected chi connectivity index (χ2v) is 10.9. The van der Waals surface area contributed by atoms with Gasteiger partial charge in [0.1, 0.15) is 4.90 Å². The van der Waals surface area contributed by atoms with Crippen LogP contribution in [-0.2, 0) is 27.8 Å². The number of anilines is 2. The highest BCUT2D eigenvalue weighted by Crippen LogP contribution is 2.32. The van der Waals surface area contributed by atoms with E-state index in [-0.39, 0.29) is 28.8 Å². The fourth-order valence-electron chi connectivity index (χ4n) is 4.56. The summed E-state index contributed by atoms with van der Waals surface area (Å²) in [6, 6.07) is 16.6. The second-order valence-electron chi connectivity index (χ2n) is 8.86. The Kier molecular flexibility index (Phi) is 6.38. The van der Waals surface area contributed by atoms with E-state index >= 15 is 0 Å². The topological polar surface area (TPSA) is 121 Å². The number of H-pyrrole nitrogens is 1. The van der Waals surface area contributed by atoms with Gasteiger partial charge in [-0.2, -0.15) is 0 Å². The van der Waals surface area contributed by atoms with E-state index in [0.29, 0.717) is 35.2 Å². The molecule has 2 N–H and O–H groups in total. The molecule has 0 unspecified atom stereocenters. The molecule has 9 nitrogen and oxygen atoms in total. The van der Waals surface area contributed by atoms with Gasteiger partial charge in [-0.3, -0.25) is 23.9 Å². The molecule has 2 heterocycles. The molecule has 0 radical (unpaired) electrons. The summed E-state index contributed by atoms with van der Waals surface area (Å²) in [5, 5.41) is 0.508. The molecule has 1 amide bonds. The molecular formula is C26H23ClN4O5S. The van der Waals surface area contributed by atoms with Crippen LogP contribution in [0.15, 0.2) is 75.1 Å². The number of hydrogen-bond donors (Lipinski definition) is 2. The number of halogens is 1. The Bertz CT molecular complexity index is 1780. The van der Waals surface area contributed by atoms with Crippen LogP contribution in [0, 0.1) is 6.92 Å². The number of carbonyl (C=O) groups excluding carboxylic acids is 1. The first-order valence-electron chi connectivity index (χ1n) is 11.6. The van der Waals surface area contributed by atoms with E-state index in [4.69, 9.17) is 11.6 Å². The Hall–Kier alpha value is -3.89. The van der Waals surface area contributed by atoms with Crippen molar-refractivity contribution < 1.29 is 13.2 Å². The van der Waals surface area contributed by atoms with Gasteiger partial charge in [-0.25, -0.2) is 13.2 Å². The number of rotatable bonds is 6. The molecule has 1 aliphatic heterocycles. The Balaban J connectivity index is 1.33. The fraction of sp³-hybridized carbons (Fsp3) is 0.192. The molecule has 1 aliphatic rings. The molecule has 1 aromatic heterocycles. The van der Waals surface area contributed by atoms with E-state index in [2.05, 4.69) is 9.71 Å². The molecule has 0 atom stereocenters. The van der Waals surface area contributed by atoms with Crippen molar-refractivity contribution >= 4 is 49.8 Å². The number of amides is 1. The van der Waals surface area contributed by atoms with Gasteiger partial charge in [-0.1, -0.05) is 29.8 Å². The maximum atomic E-state index is 13.1. The number of aryl methyl sites for hydroxylation is 2. The molecule has 0 fully saturated rings. The third-order valence-electron chi connectivity index (χ3n) is 6.36. The molecule has 5 rings (SSSR count). The van der Waals surface area contributed by atoms with E-state index in [1.807, 2.05) is 0 Å². The lowest BCUT2D eigenvalue weighted by Crippen LogP contribution is -2.34. The van der Waals surface area contributed by atoms with Gasteiger partial charge in [-0.15, -0.1) is 0 Å². The molecular weight excluding hydrogens is 516 g/mol. The highest BCUT2D eigenvalue weighted by Gasteiger charge is 2.26. The summed E-state index contributed by atoms with van der Waals surface area (Å²) < 4.78 is 29.8. The van der Waals surface area contributed by atoms with Crippen LogP contribution in [-0.4, -0.2) is 30.4 Å². The fourth-order valence-corrected chi connectivity index (χ4v) is 6.19. The van der Waals surface area contributed by atoms with Gasteiger partial charge in [-0.05, 0) is 66.9 Å². The van der Waals surface area contributed by atoms with Gasteiger partial charge in [0.2, 0.25) is 5.91 Å². The smallest absolute Gasteiger partial charge is 0.312 e. The lowest BCUT2D eigenvalue weighted by molar-refractivity contribution is -0.118. The van der Waals surface area contributed by atoms with Crippen LogP contribution in [0.25, 0.3) is 10.9 Å². The molecule has 0 saturated carbocycles. The quantitative estimate of drug-likeness (QED) is 0.389. The maximum Gasteiger partial charge on any atom is 0.328 e. The van der Waals surface area contributed by atoms with Crippen molar-refractivity contribution in [2.75, 3.05) is 16.2 Å². The van der Waals surface area contributed by atoms with Crippen LogP contribution in [0.4, 0.5) is 11.4 Å². The summed E-state index contributed by atoms with van der Waals surface area (Å²) in [6.07, 6.45) is 0.610. The summed E-state index contributed by atoms with van der Waals surface area (Å²) in [5.41, 5.74) is 2.10. The van der Waals surface area contributed by atoms with Crippen LogP contribution in [0.5, 0.6) is 0 Å². The molecule has 190 valence electrons. The predicted octanol–water partition coefficient (Wildman–Crippen LogP) is 3.43. The average Bonchev–Trinajstić information content (AvgIpc) is 3.28. The standard InChI is InChI=1S/C26H23ClN4O5S/c1-16-6-8-20(27)23(14-16)37(35,36)29-18-7-9-21-17(15-18)10-12-30(21)24(32)11-13-31-22-5-3-2-4-19(22)25(33)28-26(31)34/h2-9,14-15,29H,10-13H2,1H3,(H,28,33,34). The maximum absolute atomic E-state index is 13.1. The average molecular weight is 539 g/mol. The van der Waals surface area contributed by atoms with Crippen LogP contribution in [0.1, 0.15) is 17.5 Å². The van der Waals surface area contributed by atoms with Crippen molar-refractivity contribution in [3.05, 3.63) is 97.7 Å². The van der Waals surface area contributed by atoms with Crippen molar-refractivity contribution in [1.82, 2.24) is 9.55 Å². The van der Waals surface area contributed by atoms with Crippen molar-refractivity contribution in [3.63, 3.8) is 0 Å². The monoisotopic (exact) mass is 538 g/mol. The van der Waals surface area contributed by atoms with Crippen LogP contribution in [0.3, 0.4) is 0 Å². The van der Waals surface area contributed by atoms with Gasteiger partial charge >= 0.3 is 5.69 Å². The number of nitrogens with one attached hydrogen (secondary N) is 2. The number of sulfonamides is 1. The number of benzene rings is 3. The van der Waals surface area contributed by atoms with Crippen molar-refractivity contribution in [1.29, 1.82) is 0 Å². The highest BCUT2D eigenvalue weighted by atomic mass is 35.5. The molecule has 0 aliphatic carbocycles. The number of hydrogen-bond acceptors (Lipinski definition) is 5. The minimum atomic E-state index is -3.90. The van der Waals surface area contributed by atoms with Gasteiger partial charge in [0.15, 0.2) is 0 Å². The zero-order valence-corrected chi connectivity index (χ0v) is 21.4. The van der Waals surface area contributed by atoms with Crippen molar-refractivity contribution in [2.24, 2.45) is 0 Å². The summed E-state index contributed by atoms with van der Waals surface area (Å²) in [7, 11) is -3.90. The van der Waals surface area contributed by atoms with Crippen LogP contribution in [0.2, 0.25) is 5.02 Å². The van der Waals surface area contributed by atoms with E-state index in [0.717, 1.165) is 11.1 Å². The molecule has 37 heavy (non-hydrogen) atoms. The summed E-state index contributed by atoms with van der Waals surface area (Å²) in [4.78, 5) is 41.5. The van der Waals surface area contributed by atoms with Gasteiger partial charge < -0.3 is 4.90 Å². The lowest BCUT2D eigenvalue weighted by atomic mass is 10.1. The molecule has 4 aromatic rings. The Morgan fingerprint density at radius 1 is 1.08 bits per heavy atom.